The van der Waals surface area contributed by atoms with Gasteiger partial charge in [0.1, 0.15) is 10.2 Å². The highest BCUT2D eigenvalue weighted by Gasteiger charge is 2.43. The number of benzene rings is 1. The zero-order valence-corrected chi connectivity index (χ0v) is 16.2. The molecule has 1 saturated heterocycles. The van der Waals surface area contributed by atoms with Gasteiger partial charge < -0.3 is 15.0 Å². The molecular formula is C17H21BrN4O3. The summed E-state index contributed by atoms with van der Waals surface area (Å²) in [5.41, 5.74) is 0.364. The molecule has 2 heterocycles. The van der Waals surface area contributed by atoms with Gasteiger partial charge in [-0.05, 0) is 61.8 Å². The van der Waals surface area contributed by atoms with Crippen molar-refractivity contribution in [1.29, 1.82) is 0 Å². The van der Waals surface area contributed by atoms with Gasteiger partial charge in [-0.2, -0.15) is 5.10 Å². The summed E-state index contributed by atoms with van der Waals surface area (Å²) >= 11 is 3.38. The van der Waals surface area contributed by atoms with E-state index in [2.05, 4.69) is 31.4 Å². The Morgan fingerprint density at radius 3 is 2.68 bits per heavy atom. The van der Waals surface area contributed by atoms with Crippen molar-refractivity contribution in [3.63, 3.8) is 0 Å². The average Bonchev–Trinajstić information content (AvgIpc) is 2.83. The van der Waals surface area contributed by atoms with Gasteiger partial charge in [-0.15, -0.1) is 0 Å². The molecule has 0 saturated carbocycles. The third-order valence-electron chi connectivity index (χ3n) is 3.92. The Labute approximate surface area is 154 Å². The van der Waals surface area contributed by atoms with E-state index in [0.717, 1.165) is 15.5 Å². The second-order valence-electron chi connectivity index (χ2n) is 7.62. The largest absolute Gasteiger partial charge is 0.444 e. The monoisotopic (exact) mass is 408 g/mol. The number of likely N-dealkylation sites (tertiary alicyclic amines) is 1. The quantitative estimate of drug-likeness (QED) is 0.798. The smallest absolute Gasteiger partial charge is 0.408 e. The van der Waals surface area contributed by atoms with E-state index in [1.165, 1.54) is 0 Å². The lowest BCUT2D eigenvalue weighted by atomic mass is 9.91. The van der Waals surface area contributed by atoms with Gasteiger partial charge in [0, 0.05) is 24.0 Å². The molecular weight excluding hydrogens is 388 g/mol. The van der Waals surface area contributed by atoms with E-state index >= 15 is 0 Å². The van der Waals surface area contributed by atoms with Crippen molar-refractivity contribution in [3.8, 4) is 0 Å². The van der Waals surface area contributed by atoms with Crippen LogP contribution in [0, 0.1) is 0 Å². The first-order valence-electron chi connectivity index (χ1n) is 8.00. The number of ether oxygens (including phenoxy) is 1. The van der Waals surface area contributed by atoms with Crippen LogP contribution >= 0.6 is 15.9 Å². The zero-order valence-electron chi connectivity index (χ0n) is 14.6. The minimum Gasteiger partial charge on any atom is -0.444 e. The lowest BCUT2D eigenvalue weighted by Crippen LogP contribution is -2.69. The first-order valence-corrected chi connectivity index (χ1v) is 8.80. The Kier molecular flexibility index (Phi) is 4.26. The molecule has 0 aliphatic carbocycles. The van der Waals surface area contributed by atoms with E-state index in [0.29, 0.717) is 18.7 Å². The minimum atomic E-state index is -0.549. The Morgan fingerprint density at radius 1 is 1.36 bits per heavy atom. The summed E-state index contributed by atoms with van der Waals surface area (Å²) in [5.74, 6) is -0.0709. The van der Waals surface area contributed by atoms with E-state index in [1.54, 1.807) is 11.0 Å². The van der Waals surface area contributed by atoms with Crippen molar-refractivity contribution in [2.45, 2.75) is 38.8 Å². The van der Waals surface area contributed by atoms with Crippen LogP contribution in [0.4, 0.5) is 4.79 Å². The molecule has 0 bridgehead atoms. The number of nitrogens with one attached hydrogen (secondary N) is 2. The predicted octanol–water partition coefficient (Wildman–Crippen LogP) is 3.06. The van der Waals surface area contributed by atoms with E-state index in [9.17, 15) is 9.59 Å². The number of carbonyl (C=O) groups excluding carboxylic acids is 2. The molecule has 1 aliphatic rings. The fourth-order valence-electron chi connectivity index (χ4n) is 2.86. The van der Waals surface area contributed by atoms with Crippen molar-refractivity contribution in [2.24, 2.45) is 0 Å². The number of H-pyrrole nitrogens is 1. The van der Waals surface area contributed by atoms with Gasteiger partial charge in [-0.25, -0.2) is 4.79 Å². The molecule has 0 radical (unpaired) electrons. The Balaban J connectivity index is 1.63. The number of aromatic amines is 1. The van der Waals surface area contributed by atoms with Crippen LogP contribution in [0.15, 0.2) is 22.8 Å². The molecule has 0 atom stereocenters. The molecule has 2 aromatic rings. The number of halogens is 1. The number of rotatable bonds is 2. The summed E-state index contributed by atoms with van der Waals surface area (Å²) in [6, 6.07) is 5.37. The van der Waals surface area contributed by atoms with Crippen LogP contribution in [0.2, 0.25) is 0 Å². The second kappa shape index (κ2) is 6.01. The van der Waals surface area contributed by atoms with Crippen LogP contribution in [-0.2, 0) is 4.74 Å². The van der Waals surface area contributed by atoms with Crippen LogP contribution in [0.25, 0.3) is 10.9 Å². The summed E-state index contributed by atoms with van der Waals surface area (Å²) in [5, 5.41) is 10.7. The number of amides is 2. The molecule has 1 aromatic carbocycles. The van der Waals surface area contributed by atoms with Gasteiger partial charge in [0.25, 0.3) is 5.91 Å². The number of hydrogen-bond donors (Lipinski definition) is 2. The summed E-state index contributed by atoms with van der Waals surface area (Å²) < 4.78 is 6.02. The van der Waals surface area contributed by atoms with Crippen molar-refractivity contribution < 1.29 is 14.3 Å². The maximum absolute atomic E-state index is 12.6. The molecule has 2 N–H and O–H groups in total. The maximum Gasteiger partial charge on any atom is 0.408 e. The molecule has 2 amide bonds. The summed E-state index contributed by atoms with van der Waals surface area (Å²) in [6.07, 6.45) is -0.467. The second-order valence-corrected chi connectivity index (χ2v) is 8.41. The molecule has 0 spiro atoms. The fourth-order valence-corrected chi connectivity index (χ4v) is 3.27. The zero-order chi connectivity index (χ0) is 18.4. The molecule has 134 valence electrons. The van der Waals surface area contributed by atoms with Crippen LogP contribution in [0.3, 0.4) is 0 Å². The maximum atomic E-state index is 12.6. The third-order valence-corrected chi connectivity index (χ3v) is 4.53. The van der Waals surface area contributed by atoms with Gasteiger partial charge >= 0.3 is 6.09 Å². The molecule has 1 fully saturated rings. The van der Waals surface area contributed by atoms with Crippen LogP contribution < -0.4 is 5.32 Å². The van der Waals surface area contributed by atoms with Crippen LogP contribution in [-0.4, -0.2) is 51.3 Å². The topological polar surface area (TPSA) is 87.3 Å². The van der Waals surface area contributed by atoms with E-state index in [1.807, 2.05) is 39.8 Å². The van der Waals surface area contributed by atoms with Gasteiger partial charge in [0.15, 0.2) is 0 Å². The van der Waals surface area contributed by atoms with Crippen LogP contribution in [0.1, 0.15) is 38.1 Å². The molecule has 25 heavy (non-hydrogen) atoms. The van der Waals surface area contributed by atoms with Crippen molar-refractivity contribution in [3.05, 3.63) is 28.4 Å². The molecule has 7 nitrogen and oxygen atoms in total. The Hall–Kier alpha value is -2.09. The van der Waals surface area contributed by atoms with E-state index in [4.69, 9.17) is 4.74 Å². The van der Waals surface area contributed by atoms with Gasteiger partial charge in [-0.3, -0.25) is 9.89 Å². The molecule has 0 unspecified atom stereocenters. The lowest BCUT2D eigenvalue weighted by molar-refractivity contribution is 0.0163. The van der Waals surface area contributed by atoms with Gasteiger partial charge in [-0.1, -0.05) is 0 Å². The number of fused-ring (bicyclic) bond motifs is 1. The SMILES string of the molecule is CC1(NC(=O)OC(C)(C)C)CN(C(=O)c2ccc3n[nH]c(Br)c3c2)C1. The highest BCUT2D eigenvalue weighted by molar-refractivity contribution is 9.10. The van der Waals surface area contributed by atoms with E-state index in [-0.39, 0.29) is 5.91 Å². The lowest BCUT2D eigenvalue weighted by Gasteiger charge is -2.48. The Bertz CT molecular complexity index is 834. The summed E-state index contributed by atoms with van der Waals surface area (Å²) in [7, 11) is 0. The van der Waals surface area contributed by atoms with Crippen molar-refractivity contribution in [1.82, 2.24) is 20.4 Å². The fraction of sp³-hybridized carbons (Fsp3) is 0.471. The van der Waals surface area contributed by atoms with Crippen molar-refractivity contribution in [2.75, 3.05) is 13.1 Å². The van der Waals surface area contributed by atoms with E-state index < -0.39 is 17.2 Å². The summed E-state index contributed by atoms with van der Waals surface area (Å²) in [4.78, 5) is 26.3. The minimum absolute atomic E-state index is 0.0709. The number of nitrogens with zero attached hydrogens (tertiary/aromatic N) is 2. The molecule has 1 aliphatic heterocycles. The highest BCUT2D eigenvalue weighted by atomic mass is 79.9. The third kappa shape index (κ3) is 3.78. The van der Waals surface area contributed by atoms with Gasteiger partial charge in [0.2, 0.25) is 0 Å². The molecule has 1 aromatic heterocycles. The summed E-state index contributed by atoms with van der Waals surface area (Å²) in [6.45, 7) is 8.23. The number of aromatic nitrogens is 2. The Morgan fingerprint density at radius 2 is 2.04 bits per heavy atom. The molecule has 3 rings (SSSR count). The molecule has 8 heteroatoms. The number of hydrogen-bond acceptors (Lipinski definition) is 4. The van der Waals surface area contributed by atoms with Crippen molar-refractivity contribution >= 4 is 38.8 Å². The normalized spacial score (nSPS) is 16.4. The first kappa shape index (κ1) is 17.7. The highest BCUT2D eigenvalue weighted by Crippen LogP contribution is 2.26. The number of alkyl carbamates (subject to hydrolysis) is 1. The standard InChI is InChI=1S/C17H21BrN4O3/c1-16(2,3)25-15(24)19-17(4)8-22(9-17)14(23)10-5-6-12-11(7-10)13(18)21-20-12/h5-7H,8-9H2,1-4H3,(H,19,24)(H,20,21). The average molecular weight is 409 g/mol. The first-order chi connectivity index (χ1) is 11.6. The van der Waals surface area contributed by atoms with Gasteiger partial charge in [0.05, 0.1) is 11.1 Å². The number of carbonyl (C=O) groups is 2. The predicted molar refractivity (Wildman–Crippen MR) is 97.5 cm³/mol. The van der Waals surface area contributed by atoms with Crippen LogP contribution in [0.5, 0.6) is 0 Å².